The smallest absolute Gasteiger partial charge is 0.228 e. The SMILES string of the molecule is CCN(O[Si](C)(C)C(C)(C)C)c1ccccc1. The lowest BCUT2D eigenvalue weighted by molar-refractivity contribution is 0.257. The van der Waals surface area contributed by atoms with Gasteiger partial charge < -0.3 is 4.53 Å². The molecule has 0 heterocycles. The largest absolute Gasteiger partial charge is 0.319 e. The Morgan fingerprint density at radius 2 is 1.65 bits per heavy atom. The first-order valence-corrected chi connectivity index (χ1v) is 9.20. The van der Waals surface area contributed by atoms with Gasteiger partial charge in [-0.1, -0.05) is 39.0 Å². The van der Waals surface area contributed by atoms with Crippen molar-refractivity contribution in [2.45, 2.75) is 45.8 Å². The number of hydrogen-bond acceptors (Lipinski definition) is 2. The molecule has 0 spiro atoms. The van der Waals surface area contributed by atoms with Crippen LogP contribution in [0.4, 0.5) is 5.69 Å². The van der Waals surface area contributed by atoms with Gasteiger partial charge in [-0.3, -0.25) is 5.06 Å². The summed E-state index contributed by atoms with van der Waals surface area (Å²) in [6.45, 7) is 14.3. The third-order valence-electron chi connectivity index (χ3n) is 3.48. The fourth-order valence-corrected chi connectivity index (χ4v) is 2.37. The number of benzene rings is 1. The van der Waals surface area contributed by atoms with Crippen LogP contribution in [0.1, 0.15) is 27.7 Å². The van der Waals surface area contributed by atoms with Crippen LogP contribution in [0, 0.1) is 0 Å². The Bertz CT molecular complexity index is 343. The molecule has 0 aliphatic carbocycles. The fourth-order valence-electron chi connectivity index (χ4n) is 1.31. The lowest BCUT2D eigenvalue weighted by Crippen LogP contribution is -2.46. The van der Waals surface area contributed by atoms with Crippen LogP contribution >= 0.6 is 0 Å². The molecule has 0 bridgehead atoms. The summed E-state index contributed by atoms with van der Waals surface area (Å²) in [5.41, 5.74) is 1.14. The molecule has 96 valence electrons. The van der Waals surface area contributed by atoms with E-state index in [0.717, 1.165) is 12.2 Å². The topological polar surface area (TPSA) is 12.5 Å². The predicted molar refractivity (Wildman–Crippen MR) is 77.7 cm³/mol. The molecule has 3 heteroatoms. The molecule has 0 radical (unpaired) electrons. The van der Waals surface area contributed by atoms with Crippen molar-refractivity contribution in [1.29, 1.82) is 0 Å². The Labute approximate surface area is 107 Å². The minimum Gasteiger partial charge on any atom is -0.319 e. The normalized spacial score (nSPS) is 12.6. The zero-order valence-corrected chi connectivity index (χ0v) is 12.9. The summed E-state index contributed by atoms with van der Waals surface area (Å²) in [4.78, 5) is 0. The second kappa shape index (κ2) is 5.23. The van der Waals surface area contributed by atoms with E-state index in [-0.39, 0.29) is 5.04 Å². The Hall–Kier alpha value is -0.803. The molecular weight excluding hydrogens is 226 g/mol. The van der Waals surface area contributed by atoms with Crippen LogP contribution in [0.2, 0.25) is 18.1 Å². The summed E-state index contributed by atoms with van der Waals surface area (Å²) in [5.74, 6) is 0. The van der Waals surface area contributed by atoms with Gasteiger partial charge in [-0.05, 0) is 37.2 Å². The van der Waals surface area contributed by atoms with E-state index in [2.05, 4.69) is 52.9 Å². The highest BCUT2D eigenvalue weighted by Crippen LogP contribution is 2.37. The molecule has 17 heavy (non-hydrogen) atoms. The number of nitrogens with zero attached hydrogens (tertiary/aromatic N) is 1. The standard InChI is InChI=1S/C14H25NOSi/c1-7-15(13-11-9-8-10-12-13)16-17(5,6)14(2,3)4/h8-12H,7H2,1-6H3. The maximum absolute atomic E-state index is 6.31. The van der Waals surface area contributed by atoms with E-state index in [0.29, 0.717) is 0 Å². The first-order valence-electron chi connectivity index (χ1n) is 6.29. The van der Waals surface area contributed by atoms with Gasteiger partial charge in [0.2, 0.25) is 8.32 Å². The number of anilines is 1. The predicted octanol–water partition coefficient (Wildman–Crippen LogP) is 4.45. The molecule has 1 aromatic carbocycles. The van der Waals surface area contributed by atoms with Gasteiger partial charge >= 0.3 is 0 Å². The lowest BCUT2D eigenvalue weighted by atomic mass is 10.2. The summed E-state index contributed by atoms with van der Waals surface area (Å²) in [6, 6.07) is 10.3. The molecule has 0 amide bonds. The average molecular weight is 251 g/mol. The first kappa shape index (κ1) is 14.3. The van der Waals surface area contributed by atoms with E-state index in [1.165, 1.54) is 0 Å². The molecular formula is C14H25NOSi. The summed E-state index contributed by atoms with van der Waals surface area (Å²) >= 11 is 0. The molecule has 2 nitrogen and oxygen atoms in total. The Morgan fingerprint density at radius 1 is 1.12 bits per heavy atom. The molecule has 1 aromatic rings. The van der Waals surface area contributed by atoms with Crippen molar-refractivity contribution in [1.82, 2.24) is 0 Å². The molecule has 0 aliphatic heterocycles. The molecule has 0 fully saturated rings. The fraction of sp³-hybridized carbons (Fsp3) is 0.571. The van der Waals surface area contributed by atoms with Crippen LogP contribution in [0.3, 0.4) is 0 Å². The number of para-hydroxylation sites is 1. The number of rotatable bonds is 4. The van der Waals surface area contributed by atoms with E-state index in [9.17, 15) is 0 Å². The van der Waals surface area contributed by atoms with E-state index in [1.807, 2.05) is 23.3 Å². The molecule has 0 saturated heterocycles. The van der Waals surface area contributed by atoms with Crippen molar-refractivity contribution in [3.05, 3.63) is 30.3 Å². The van der Waals surface area contributed by atoms with E-state index in [4.69, 9.17) is 4.53 Å². The van der Waals surface area contributed by atoms with Gasteiger partial charge in [0.05, 0.1) is 5.69 Å². The Kier molecular flexibility index (Phi) is 4.39. The summed E-state index contributed by atoms with van der Waals surface area (Å²) < 4.78 is 6.31. The quantitative estimate of drug-likeness (QED) is 0.579. The van der Waals surface area contributed by atoms with Crippen LogP contribution in [-0.4, -0.2) is 14.9 Å². The number of hydrogen-bond donors (Lipinski definition) is 0. The van der Waals surface area contributed by atoms with Gasteiger partial charge in [0.25, 0.3) is 0 Å². The third-order valence-corrected chi connectivity index (χ3v) is 7.77. The van der Waals surface area contributed by atoms with Crippen LogP contribution < -0.4 is 5.06 Å². The molecule has 1 rings (SSSR count). The van der Waals surface area contributed by atoms with Crippen LogP contribution in [0.25, 0.3) is 0 Å². The second-order valence-corrected chi connectivity index (χ2v) is 10.6. The zero-order valence-electron chi connectivity index (χ0n) is 11.9. The van der Waals surface area contributed by atoms with E-state index < -0.39 is 8.32 Å². The van der Waals surface area contributed by atoms with Crippen molar-refractivity contribution < 1.29 is 4.53 Å². The van der Waals surface area contributed by atoms with Crippen molar-refractivity contribution in [3.63, 3.8) is 0 Å². The molecule has 0 saturated carbocycles. The highest BCUT2D eigenvalue weighted by Gasteiger charge is 2.39. The highest BCUT2D eigenvalue weighted by atomic mass is 28.4. The maximum Gasteiger partial charge on any atom is 0.228 e. The van der Waals surface area contributed by atoms with Crippen LogP contribution in [0.5, 0.6) is 0 Å². The van der Waals surface area contributed by atoms with Crippen molar-refractivity contribution in [2.75, 3.05) is 11.6 Å². The third kappa shape index (κ3) is 3.58. The number of hydroxylamine groups is 1. The van der Waals surface area contributed by atoms with E-state index >= 15 is 0 Å². The average Bonchev–Trinajstić information content (AvgIpc) is 2.25. The van der Waals surface area contributed by atoms with Crippen LogP contribution in [-0.2, 0) is 4.53 Å². The summed E-state index contributed by atoms with van der Waals surface area (Å²) in [6.07, 6.45) is 0. The van der Waals surface area contributed by atoms with Gasteiger partial charge in [0, 0.05) is 6.54 Å². The second-order valence-electron chi connectivity index (χ2n) is 5.88. The van der Waals surface area contributed by atoms with Crippen molar-refractivity contribution >= 4 is 14.0 Å². The van der Waals surface area contributed by atoms with Crippen LogP contribution in [0.15, 0.2) is 30.3 Å². The zero-order chi connectivity index (χ0) is 13.1. The minimum absolute atomic E-state index is 0.231. The van der Waals surface area contributed by atoms with Gasteiger partial charge in [-0.15, -0.1) is 0 Å². The lowest BCUT2D eigenvalue weighted by Gasteiger charge is -2.40. The molecule has 0 atom stereocenters. The summed E-state index contributed by atoms with van der Waals surface area (Å²) in [5, 5.41) is 2.26. The maximum atomic E-state index is 6.31. The van der Waals surface area contributed by atoms with Crippen molar-refractivity contribution in [3.8, 4) is 0 Å². The van der Waals surface area contributed by atoms with E-state index in [1.54, 1.807) is 0 Å². The molecule has 0 aromatic heterocycles. The van der Waals surface area contributed by atoms with Gasteiger partial charge in [0.15, 0.2) is 0 Å². The minimum atomic E-state index is -1.75. The molecule has 0 aliphatic rings. The molecule has 0 N–H and O–H groups in total. The highest BCUT2D eigenvalue weighted by molar-refractivity contribution is 6.74. The Balaban J connectivity index is 2.85. The van der Waals surface area contributed by atoms with Gasteiger partial charge in [0.1, 0.15) is 0 Å². The molecule has 0 unspecified atom stereocenters. The first-order chi connectivity index (χ1) is 7.78. The summed E-state index contributed by atoms with van der Waals surface area (Å²) in [7, 11) is -1.75. The Morgan fingerprint density at radius 3 is 2.06 bits per heavy atom. The monoisotopic (exact) mass is 251 g/mol. The van der Waals surface area contributed by atoms with Gasteiger partial charge in [-0.25, -0.2) is 0 Å². The van der Waals surface area contributed by atoms with Gasteiger partial charge in [-0.2, -0.15) is 0 Å². The van der Waals surface area contributed by atoms with Crippen molar-refractivity contribution in [2.24, 2.45) is 0 Å².